The molecular formula is C24H28FN3O5. The van der Waals surface area contributed by atoms with Crippen LogP contribution in [0.2, 0.25) is 0 Å². The summed E-state index contributed by atoms with van der Waals surface area (Å²) >= 11 is 0. The quantitative estimate of drug-likeness (QED) is 0.378. The molecule has 0 atom stereocenters. The van der Waals surface area contributed by atoms with Crippen LogP contribution >= 0.6 is 0 Å². The average molecular weight is 458 g/mol. The first-order valence-corrected chi connectivity index (χ1v) is 10.9. The SMILES string of the molecule is CC(C)n1nc(C(=O)NCc2ccccc2OCCCCCC(=O)O)c(F)c1-c1ccco1. The van der Waals surface area contributed by atoms with Crippen molar-refractivity contribution in [1.82, 2.24) is 15.1 Å². The Kier molecular flexibility index (Phi) is 8.23. The van der Waals surface area contributed by atoms with Crippen LogP contribution in [0.1, 0.15) is 61.6 Å². The van der Waals surface area contributed by atoms with Gasteiger partial charge in [-0.05, 0) is 51.3 Å². The number of carboxylic acids is 1. The number of amides is 1. The predicted molar refractivity (Wildman–Crippen MR) is 119 cm³/mol. The minimum atomic E-state index is -0.803. The van der Waals surface area contributed by atoms with Crippen LogP contribution in [0.4, 0.5) is 4.39 Å². The molecule has 0 aliphatic heterocycles. The van der Waals surface area contributed by atoms with E-state index in [1.165, 1.54) is 10.9 Å². The van der Waals surface area contributed by atoms with Gasteiger partial charge in [0, 0.05) is 24.6 Å². The molecular weight excluding hydrogens is 429 g/mol. The zero-order chi connectivity index (χ0) is 23.8. The number of nitrogens with zero attached hydrogens (tertiary/aromatic N) is 2. The van der Waals surface area contributed by atoms with Crippen molar-refractivity contribution in [3.05, 3.63) is 59.7 Å². The Morgan fingerprint density at radius 3 is 2.67 bits per heavy atom. The molecule has 0 unspecified atom stereocenters. The number of ether oxygens (including phenoxy) is 1. The molecule has 2 aromatic heterocycles. The number of unbranched alkanes of at least 4 members (excludes halogenated alkanes) is 2. The lowest BCUT2D eigenvalue weighted by Gasteiger charge is -2.12. The number of nitrogens with one attached hydrogen (secondary N) is 1. The predicted octanol–water partition coefficient (Wildman–Crippen LogP) is 4.82. The van der Waals surface area contributed by atoms with Gasteiger partial charge in [0.1, 0.15) is 11.4 Å². The number of hydrogen-bond acceptors (Lipinski definition) is 5. The maximum absolute atomic E-state index is 15.1. The number of carbonyl (C=O) groups excluding carboxylic acids is 1. The fraction of sp³-hybridized carbons (Fsp3) is 0.375. The van der Waals surface area contributed by atoms with E-state index in [0.717, 1.165) is 18.4 Å². The summed E-state index contributed by atoms with van der Waals surface area (Å²) in [4.78, 5) is 23.3. The van der Waals surface area contributed by atoms with Crippen LogP contribution in [0.5, 0.6) is 5.75 Å². The second kappa shape index (κ2) is 11.3. The number of rotatable bonds is 12. The van der Waals surface area contributed by atoms with E-state index in [0.29, 0.717) is 24.5 Å². The van der Waals surface area contributed by atoms with Crippen LogP contribution in [0, 0.1) is 5.82 Å². The molecule has 0 saturated carbocycles. The topological polar surface area (TPSA) is 107 Å². The molecule has 1 amide bonds. The van der Waals surface area contributed by atoms with Crippen LogP contribution in [0.25, 0.3) is 11.5 Å². The molecule has 0 saturated heterocycles. The Morgan fingerprint density at radius 1 is 1.18 bits per heavy atom. The largest absolute Gasteiger partial charge is 0.493 e. The van der Waals surface area contributed by atoms with Crippen molar-refractivity contribution in [3.8, 4) is 17.2 Å². The summed E-state index contributed by atoms with van der Waals surface area (Å²) in [7, 11) is 0. The van der Waals surface area contributed by atoms with Crippen molar-refractivity contribution in [2.45, 2.75) is 52.1 Å². The number of halogens is 1. The van der Waals surface area contributed by atoms with Gasteiger partial charge >= 0.3 is 5.97 Å². The Bertz CT molecular complexity index is 1080. The van der Waals surface area contributed by atoms with Crippen molar-refractivity contribution in [2.24, 2.45) is 0 Å². The number of aliphatic carboxylic acids is 1. The Balaban J connectivity index is 1.64. The van der Waals surface area contributed by atoms with E-state index in [1.807, 2.05) is 32.0 Å². The Hall–Kier alpha value is -3.62. The molecule has 0 bridgehead atoms. The second-order valence-electron chi connectivity index (χ2n) is 7.87. The maximum Gasteiger partial charge on any atom is 0.303 e. The van der Waals surface area contributed by atoms with Gasteiger partial charge in [0.15, 0.2) is 17.3 Å². The zero-order valence-electron chi connectivity index (χ0n) is 18.7. The first-order valence-electron chi connectivity index (χ1n) is 10.9. The Morgan fingerprint density at radius 2 is 1.97 bits per heavy atom. The molecule has 0 aliphatic carbocycles. The number of hydrogen-bond donors (Lipinski definition) is 2. The lowest BCUT2D eigenvalue weighted by atomic mass is 10.2. The first-order chi connectivity index (χ1) is 15.9. The first kappa shape index (κ1) is 24.0. The van der Waals surface area contributed by atoms with Gasteiger partial charge in [-0.2, -0.15) is 5.10 Å². The van der Waals surface area contributed by atoms with Crippen LogP contribution in [0.3, 0.4) is 0 Å². The van der Waals surface area contributed by atoms with Gasteiger partial charge in [0.25, 0.3) is 5.91 Å². The smallest absolute Gasteiger partial charge is 0.303 e. The van der Waals surface area contributed by atoms with E-state index in [2.05, 4.69) is 10.4 Å². The normalized spacial score (nSPS) is 11.0. The molecule has 9 heteroatoms. The molecule has 0 fully saturated rings. The molecule has 8 nitrogen and oxygen atoms in total. The third kappa shape index (κ3) is 6.21. The van der Waals surface area contributed by atoms with E-state index in [4.69, 9.17) is 14.3 Å². The highest BCUT2D eigenvalue weighted by atomic mass is 19.1. The zero-order valence-corrected chi connectivity index (χ0v) is 18.7. The summed E-state index contributed by atoms with van der Waals surface area (Å²) < 4.78 is 27.7. The molecule has 0 spiro atoms. The number of benzene rings is 1. The van der Waals surface area contributed by atoms with Gasteiger partial charge in [-0.15, -0.1) is 0 Å². The minimum Gasteiger partial charge on any atom is -0.493 e. The van der Waals surface area contributed by atoms with Crippen molar-refractivity contribution in [1.29, 1.82) is 0 Å². The van der Waals surface area contributed by atoms with Gasteiger partial charge in [-0.25, -0.2) is 4.39 Å². The monoisotopic (exact) mass is 457 g/mol. The van der Waals surface area contributed by atoms with E-state index < -0.39 is 17.7 Å². The van der Waals surface area contributed by atoms with E-state index >= 15 is 4.39 Å². The number of para-hydroxylation sites is 1. The van der Waals surface area contributed by atoms with Crippen molar-refractivity contribution < 1.29 is 28.2 Å². The second-order valence-corrected chi connectivity index (χ2v) is 7.87. The fourth-order valence-electron chi connectivity index (χ4n) is 3.35. The van der Waals surface area contributed by atoms with Gasteiger partial charge in [-0.3, -0.25) is 14.3 Å². The van der Waals surface area contributed by atoms with Crippen LogP contribution < -0.4 is 10.1 Å². The van der Waals surface area contributed by atoms with E-state index in [-0.39, 0.29) is 30.4 Å². The van der Waals surface area contributed by atoms with Crippen LogP contribution in [-0.2, 0) is 11.3 Å². The summed E-state index contributed by atoms with van der Waals surface area (Å²) in [6, 6.07) is 10.4. The third-order valence-electron chi connectivity index (χ3n) is 5.02. The van der Waals surface area contributed by atoms with Crippen molar-refractivity contribution in [2.75, 3.05) is 6.61 Å². The lowest BCUT2D eigenvalue weighted by Crippen LogP contribution is -2.24. The van der Waals surface area contributed by atoms with Gasteiger partial charge in [-0.1, -0.05) is 18.2 Å². The van der Waals surface area contributed by atoms with Crippen molar-refractivity contribution >= 4 is 11.9 Å². The number of carbonyl (C=O) groups is 2. The highest BCUT2D eigenvalue weighted by molar-refractivity contribution is 5.93. The highest BCUT2D eigenvalue weighted by Gasteiger charge is 2.27. The number of furan rings is 1. The molecule has 3 rings (SSSR count). The summed E-state index contributed by atoms with van der Waals surface area (Å²) in [5.74, 6) is -1.26. The van der Waals surface area contributed by atoms with E-state index in [1.54, 1.807) is 18.2 Å². The number of carboxylic acid groups (broad SMARTS) is 1. The molecule has 3 aromatic rings. The molecule has 33 heavy (non-hydrogen) atoms. The fourth-order valence-corrected chi connectivity index (χ4v) is 3.35. The molecule has 1 aromatic carbocycles. The molecule has 2 N–H and O–H groups in total. The molecule has 2 heterocycles. The number of aromatic nitrogens is 2. The minimum absolute atomic E-state index is 0.131. The lowest BCUT2D eigenvalue weighted by molar-refractivity contribution is -0.137. The van der Waals surface area contributed by atoms with E-state index in [9.17, 15) is 9.59 Å². The van der Waals surface area contributed by atoms with Gasteiger partial charge in [0.2, 0.25) is 0 Å². The van der Waals surface area contributed by atoms with Gasteiger partial charge in [0.05, 0.1) is 12.9 Å². The average Bonchev–Trinajstić information content (AvgIpc) is 3.42. The third-order valence-corrected chi connectivity index (χ3v) is 5.02. The van der Waals surface area contributed by atoms with Crippen LogP contribution in [-0.4, -0.2) is 33.4 Å². The van der Waals surface area contributed by atoms with Gasteiger partial charge < -0.3 is 19.6 Å². The van der Waals surface area contributed by atoms with Crippen LogP contribution in [0.15, 0.2) is 47.1 Å². The van der Waals surface area contributed by atoms with Crippen molar-refractivity contribution in [3.63, 3.8) is 0 Å². The summed E-state index contributed by atoms with van der Waals surface area (Å²) in [5, 5.41) is 15.6. The maximum atomic E-state index is 15.1. The summed E-state index contributed by atoms with van der Waals surface area (Å²) in [6.07, 6.45) is 3.66. The highest BCUT2D eigenvalue weighted by Crippen LogP contribution is 2.28. The molecule has 0 radical (unpaired) electrons. The summed E-state index contributed by atoms with van der Waals surface area (Å²) in [6.45, 7) is 4.26. The molecule has 0 aliphatic rings. The molecule has 176 valence electrons. The summed E-state index contributed by atoms with van der Waals surface area (Å²) in [5.41, 5.74) is 0.574. The Labute approximate surface area is 191 Å². The standard InChI is InChI=1S/C24H28FN3O5/c1-16(2)28-23(19-11-8-14-33-19)21(25)22(27-28)24(31)26-15-17-9-5-6-10-18(17)32-13-7-3-4-12-20(29)30/h5-6,8-11,14,16H,3-4,7,12-13,15H2,1-2H3,(H,26,31)(H,29,30).